The maximum absolute atomic E-state index is 14.6. The molecule has 6 atom stereocenters. The van der Waals surface area contributed by atoms with Crippen LogP contribution in [0.25, 0.3) is 0 Å². The maximum atomic E-state index is 14.6. The van der Waals surface area contributed by atoms with E-state index in [1.165, 1.54) is 0 Å². The minimum absolute atomic E-state index is 0.0511. The lowest BCUT2D eigenvalue weighted by molar-refractivity contribution is -0.128. The predicted octanol–water partition coefficient (Wildman–Crippen LogP) is 6.85. The van der Waals surface area contributed by atoms with Gasteiger partial charge in [-0.3, -0.25) is 4.79 Å². The molecule has 2 aliphatic carbocycles. The molecular formula is C36H36O5S2. The number of hydrogen-bond donors (Lipinski definition) is 0. The molecule has 0 N–H and O–H groups in total. The third-order valence-corrected chi connectivity index (χ3v) is 14.1. The summed E-state index contributed by atoms with van der Waals surface area (Å²) in [6, 6.07) is 32.6. The normalized spacial score (nSPS) is 26.0. The van der Waals surface area contributed by atoms with E-state index in [0.29, 0.717) is 0 Å². The topological polar surface area (TPSA) is 85.3 Å². The van der Waals surface area contributed by atoms with Crippen LogP contribution in [0.1, 0.15) is 53.4 Å². The molecule has 4 aromatic carbocycles. The van der Waals surface area contributed by atoms with Gasteiger partial charge in [0.25, 0.3) is 0 Å². The fourth-order valence-electron chi connectivity index (χ4n) is 7.35. The van der Waals surface area contributed by atoms with Gasteiger partial charge in [-0.25, -0.2) is 16.8 Å². The maximum Gasteiger partial charge on any atom is 0.182 e. The zero-order chi connectivity index (χ0) is 30.4. The minimum atomic E-state index is -3.89. The molecular weight excluding hydrogens is 577 g/mol. The Balaban J connectivity index is 1.51. The number of rotatable bonds is 6. The molecule has 222 valence electrons. The zero-order valence-corrected chi connectivity index (χ0v) is 26.0. The Kier molecular flexibility index (Phi) is 7.90. The van der Waals surface area contributed by atoms with Crippen LogP contribution in [0.5, 0.6) is 0 Å². The van der Waals surface area contributed by atoms with E-state index >= 15 is 0 Å². The fourth-order valence-corrected chi connectivity index (χ4v) is 11.7. The van der Waals surface area contributed by atoms with E-state index in [1.54, 1.807) is 54.6 Å². The van der Waals surface area contributed by atoms with Gasteiger partial charge in [0.15, 0.2) is 19.7 Å². The molecule has 7 heteroatoms. The van der Waals surface area contributed by atoms with Crippen molar-refractivity contribution in [1.29, 1.82) is 0 Å². The number of Topliss-reactive ketones (excluding diaryl/α,β-unsaturated/α-hetero) is 1. The number of aryl methyl sites for hydroxylation is 2. The second-order valence-electron chi connectivity index (χ2n) is 12.2. The number of carbonyl (C=O) groups is 1. The Morgan fingerprint density at radius 3 is 1.65 bits per heavy atom. The Morgan fingerprint density at radius 2 is 1.05 bits per heavy atom. The number of carbonyl (C=O) groups excluding carboxylic acids is 1. The van der Waals surface area contributed by atoms with Gasteiger partial charge in [-0.05, 0) is 68.0 Å². The molecule has 0 amide bonds. The van der Waals surface area contributed by atoms with E-state index in [0.717, 1.165) is 22.3 Å². The average Bonchev–Trinajstić information content (AvgIpc) is 3.01. The van der Waals surface area contributed by atoms with Gasteiger partial charge in [-0.1, -0.05) is 96.1 Å². The molecule has 2 saturated carbocycles. The van der Waals surface area contributed by atoms with E-state index in [9.17, 15) is 21.6 Å². The number of sulfone groups is 2. The van der Waals surface area contributed by atoms with Crippen LogP contribution in [-0.2, 0) is 24.5 Å². The molecule has 0 heterocycles. The van der Waals surface area contributed by atoms with Crippen LogP contribution in [-0.4, -0.2) is 33.1 Å². The summed E-state index contributed by atoms with van der Waals surface area (Å²) in [5.41, 5.74) is 3.69. The van der Waals surface area contributed by atoms with Gasteiger partial charge < -0.3 is 0 Å². The predicted molar refractivity (Wildman–Crippen MR) is 169 cm³/mol. The van der Waals surface area contributed by atoms with Gasteiger partial charge in [0.1, 0.15) is 5.78 Å². The highest BCUT2D eigenvalue weighted by atomic mass is 32.2. The lowest BCUT2D eigenvalue weighted by Crippen LogP contribution is -2.53. The van der Waals surface area contributed by atoms with Gasteiger partial charge in [0.05, 0.1) is 20.3 Å². The van der Waals surface area contributed by atoms with Gasteiger partial charge in [-0.15, -0.1) is 0 Å². The Hall–Kier alpha value is -3.55. The summed E-state index contributed by atoms with van der Waals surface area (Å²) in [6.45, 7) is 3.90. The van der Waals surface area contributed by atoms with E-state index in [-0.39, 0.29) is 34.8 Å². The van der Waals surface area contributed by atoms with Crippen molar-refractivity contribution in [2.75, 3.05) is 0 Å². The minimum Gasteiger partial charge on any atom is -0.299 e. The summed E-state index contributed by atoms with van der Waals surface area (Å²) in [5, 5.41) is -1.72. The Labute approximate surface area is 254 Å². The van der Waals surface area contributed by atoms with E-state index in [1.807, 2.05) is 68.4 Å². The first-order valence-corrected chi connectivity index (χ1v) is 17.9. The number of hydrogen-bond acceptors (Lipinski definition) is 5. The number of benzene rings is 4. The van der Waals surface area contributed by atoms with Crippen LogP contribution < -0.4 is 0 Å². The molecule has 5 nitrogen and oxygen atoms in total. The standard InChI is InChI=1S/C36H36O5S2/c1-24-13-17-27(18-14-24)30-21-33-32(23-35(30)42(38,39)28-11-7-4-8-12-28)34(37)22-31(26-9-5-3-6-10-26)36(33)43(40,41)29-19-15-25(2)16-20-29/h3-20,30-33,35-36H,21-23H2,1-2H3/t30-,31-,32+,33-,35?,36?/m0/s1. The molecule has 43 heavy (non-hydrogen) atoms. The molecule has 0 aromatic heterocycles. The smallest absolute Gasteiger partial charge is 0.182 e. The zero-order valence-electron chi connectivity index (χ0n) is 24.3. The van der Waals surface area contributed by atoms with E-state index in [4.69, 9.17) is 0 Å². The molecule has 6 rings (SSSR count). The van der Waals surface area contributed by atoms with Crippen LogP contribution in [0.4, 0.5) is 0 Å². The molecule has 2 fully saturated rings. The van der Waals surface area contributed by atoms with Crippen molar-refractivity contribution in [3.8, 4) is 0 Å². The summed E-state index contributed by atoms with van der Waals surface area (Å²) in [5.74, 6) is -2.25. The summed E-state index contributed by atoms with van der Waals surface area (Å²) in [7, 11) is -7.71. The van der Waals surface area contributed by atoms with Crippen molar-refractivity contribution in [3.63, 3.8) is 0 Å². The highest BCUT2D eigenvalue weighted by Gasteiger charge is 2.56. The lowest BCUT2D eigenvalue weighted by atomic mass is 9.61. The first kappa shape index (κ1) is 29.5. The fraction of sp³-hybridized carbons (Fsp3) is 0.306. The van der Waals surface area contributed by atoms with Gasteiger partial charge in [-0.2, -0.15) is 0 Å². The molecule has 2 unspecified atom stereocenters. The monoisotopic (exact) mass is 612 g/mol. The molecule has 0 saturated heterocycles. The van der Waals surface area contributed by atoms with Crippen molar-refractivity contribution in [2.24, 2.45) is 11.8 Å². The summed E-state index contributed by atoms with van der Waals surface area (Å²) < 4.78 is 57.6. The van der Waals surface area contributed by atoms with Crippen molar-refractivity contribution in [2.45, 2.75) is 65.2 Å². The highest BCUT2D eigenvalue weighted by molar-refractivity contribution is 7.92. The molecule has 2 aliphatic rings. The summed E-state index contributed by atoms with van der Waals surface area (Å²) >= 11 is 0. The quantitative estimate of drug-likeness (QED) is 0.238. The SMILES string of the molecule is Cc1ccc([C@@H]2C[C@@H]3C(S(=O)(=O)c4ccc(C)cc4)[C@H](c4ccccc4)CC(=O)[C@@H]3CC2S(=O)(=O)c2ccccc2)cc1. The first-order chi connectivity index (χ1) is 20.6. The van der Waals surface area contributed by atoms with Crippen LogP contribution >= 0.6 is 0 Å². The molecule has 0 spiro atoms. The van der Waals surface area contributed by atoms with Gasteiger partial charge in [0.2, 0.25) is 0 Å². The van der Waals surface area contributed by atoms with Crippen molar-refractivity contribution in [3.05, 3.63) is 131 Å². The van der Waals surface area contributed by atoms with Crippen molar-refractivity contribution in [1.82, 2.24) is 0 Å². The highest BCUT2D eigenvalue weighted by Crippen LogP contribution is 2.54. The van der Waals surface area contributed by atoms with Crippen LogP contribution in [0.15, 0.2) is 119 Å². The van der Waals surface area contributed by atoms with Crippen molar-refractivity contribution < 1.29 is 21.6 Å². The molecule has 0 radical (unpaired) electrons. The largest absolute Gasteiger partial charge is 0.299 e. The number of fused-ring (bicyclic) bond motifs is 1. The molecule has 0 aliphatic heterocycles. The Bertz CT molecular complexity index is 1820. The first-order valence-electron chi connectivity index (χ1n) is 14.8. The van der Waals surface area contributed by atoms with Gasteiger partial charge >= 0.3 is 0 Å². The number of ketones is 1. The summed E-state index contributed by atoms with van der Waals surface area (Å²) in [6.07, 6.45) is 0.449. The second-order valence-corrected chi connectivity index (χ2v) is 16.4. The average molecular weight is 613 g/mol. The molecule has 4 aromatic rings. The Morgan fingerprint density at radius 1 is 0.535 bits per heavy atom. The summed E-state index contributed by atoms with van der Waals surface area (Å²) in [4.78, 5) is 14.4. The third kappa shape index (κ3) is 5.49. The van der Waals surface area contributed by atoms with Gasteiger partial charge in [0, 0.05) is 24.2 Å². The second kappa shape index (κ2) is 11.5. The van der Waals surface area contributed by atoms with Crippen LogP contribution in [0.3, 0.4) is 0 Å². The van der Waals surface area contributed by atoms with Crippen LogP contribution in [0.2, 0.25) is 0 Å². The van der Waals surface area contributed by atoms with E-state index in [2.05, 4.69) is 0 Å². The molecule has 0 bridgehead atoms. The lowest BCUT2D eigenvalue weighted by Gasteiger charge is -2.48. The van der Waals surface area contributed by atoms with Crippen molar-refractivity contribution >= 4 is 25.5 Å². The van der Waals surface area contributed by atoms with E-state index < -0.39 is 53.8 Å². The third-order valence-electron chi connectivity index (χ3n) is 9.54. The van der Waals surface area contributed by atoms with Crippen LogP contribution in [0, 0.1) is 25.7 Å².